The second-order valence-corrected chi connectivity index (χ2v) is 7.84. The number of pyridine rings is 1. The van der Waals surface area contributed by atoms with Gasteiger partial charge in [0.25, 0.3) is 5.91 Å². The number of fused-ring (bicyclic) bond motifs is 1. The molecule has 0 spiro atoms. The molecule has 0 bridgehead atoms. The Labute approximate surface area is 190 Å². The summed E-state index contributed by atoms with van der Waals surface area (Å²) in [4.78, 5) is 30.0. The fourth-order valence-electron chi connectivity index (χ4n) is 3.48. The first-order valence-corrected chi connectivity index (χ1v) is 10.3. The molecule has 0 saturated heterocycles. The zero-order valence-electron chi connectivity index (χ0n) is 17.8. The summed E-state index contributed by atoms with van der Waals surface area (Å²) >= 11 is 6.15. The second-order valence-electron chi connectivity index (χ2n) is 7.44. The van der Waals surface area contributed by atoms with Gasteiger partial charge in [-0.1, -0.05) is 48.0 Å². The topological polar surface area (TPSA) is 86.1 Å². The molecular formula is C24H21ClN4O3. The number of nitrogens with zero attached hydrogens (tertiary/aromatic N) is 3. The summed E-state index contributed by atoms with van der Waals surface area (Å²) < 4.78 is 6.96. The molecule has 4 aromatic rings. The SMILES string of the molecule is Cc1ccc(NC(=O)COC(=O)c2cc(-c3ccccc3)nc3c2c(C)nn3C)c(Cl)c1. The van der Waals surface area contributed by atoms with Crippen LogP contribution in [0.3, 0.4) is 0 Å². The number of hydrogen-bond acceptors (Lipinski definition) is 5. The number of aryl methyl sites for hydroxylation is 3. The smallest absolute Gasteiger partial charge is 0.339 e. The standard InChI is InChI=1S/C24H21ClN4O3/c1-14-9-10-19(18(25)11-14)26-21(30)13-32-24(31)17-12-20(16-7-5-4-6-8-16)27-23-22(17)15(2)28-29(23)3/h4-12H,13H2,1-3H3,(H,26,30). The Hall–Kier alpha value is -3.71. The average molecular weight is 449 g/mol. The van der Waals surface area contributed by atoms with Crippen LogP contribution in [0.25, 0.3) is 22.3 Å². The number of carbonyl (C=O) groups is 2. The van der Waals surface area contributed by atoms with Crippen LogP contribution in [0.15, 0.2) is 54.6 Å². The van der Waals surface area contributed by atoms with E-state index in [2.05, 4.69) is 15.4 Å². The van der Waals surface area contributed by atoms with Gasteiger partial charge < -0.3 is 10.1 Å². The van der Waals surface area contributed by atoms with Crippen molar-refractivity contribution in [2.24, 2.45) is 7.05 Å². The molecule has 0 aliphatic rings. The van der Waals surface area contributed by atoms with Gasteiger partial charge in [-0.25, -0.2) is 9.78 Å². The first-order valence-electron chi connectivity index (χ1n) is 9.96. The third-order valence-corrected chi connectivity index (χ3v) is 5.30. The van der Waals surface area contributed by atoms with E-state index in [0.717, 1.165) is 11.1 Å². The minimum absolute atomic E-state index is 0.306. The number of hydrogen-bond donors (Lipinski definition) is 1. The van der Waals surface area contributed by atoms with Crippen LogP contribution in [0.1, 0.15) is 21.6 Å². The highest BCUT2D eigenvalue weighted by atomic mass is 35.5. The van der Waals surface area contributed by atoms with Gasteiger partial charge in [0.2, 0.25) is 0 Å². The van der Waals surface area contributed by atoms with Gasteiger partial charge in [-0.2, -0.15) is 5.10 Å². The van der Waals surface area contributed by atoms with Crippen molar-refractivity contribution >= 4 is 40.2 Å². The highest BCUT2D eigenvalue weighted by Crippen LogP contribution is 2.27. The van der Waals surface area contributed by atoms with Crippen LogP contribution in [-0.4, -0.2) is 33.2 Å². The van der Waals surface area contributed by atoms with Gasteiger partial charge in [0, 0.05) is 12.6 Å². The number of ether oxygens (including phenoxy) is 1. The fraction of sp³-hybridized carbons (Fsp3) is 0.167. The molecule has 1 N–H and O–H groups in total. The number of rotatable bonds is 5. The monoisotopic (exact) mass is 448 g/mol. The number of amides is 1. The Bertz CT molecular complexity index is 1330. The van der Waals surface area contributed by atoms with E-state index in [1.165, 1.54) is 0 Å². The van der Waals surface area contributed by atoms with Crippen LogP contribution < -0.4 is 5.32 Å². The lowest BCUT2D eigenvalue weighted by Gasteiger charge is -2.10. The Morgan fingerprint density at radius 1 is 1.09 bits per heavy atom. The lowest BCUT2D eigenvalue weighted by Crippen LogP contribution is -2.21. The van der Waals surface area contributed by atoms with Crippen LogP contribution in [-0.2, 0) is 16.6 Å². The normalized spacial score (nSPS) is 10.9. The molecule has 0 radical (unpaired) electrons. The molecule has 2 aromatic carbocycles. The summed E-state index contributed by atoms with van der Waals surface area (Å²) in [6, 6.07) is 16.5. The number of esters is 1. The third-order valence-electron chi connectivity index (χ3n) is 4.99. The summed E-state index contributed by atoms with van der Waals surface area (Å²) in [5, 5.41) is 8.06. The summed E-state index contributed by atoms with van der Waals surface area (Å²) in [6.07, 6.45) is 0. The number of benzene rings is 2. The maximum absolute atomic E-state index is 13.0. The maximum Gasteiger partial charge on any atom is 0.339 e. The Morgan fingerprint density at radius 3 is 2.56 bits per heavy atom. The molecule has 0 atom stereocenters. The molecule has 7 nitrogen and oxygen atoms in total. The first-order chi connectivity index (χ1) is 15.3. The van der Waals surface area contributed by atoms with Gasteiger partial charge in [0.05, 0.1) is 33.0 Å². The van der Waals surface area contributed by atoms with Crippen molar-refractivity contribution < 1.29 is 14.3 Å². The zero-order chi connectivity index (χ0) is 22.8. The van der Waals surface area contributed by atoms with Crippen LogP contribution in [0.5, 0.6) is 0 Å². The Morgan fingerprint density at radius 2 is 1.84 bits per heavy atom. The van der Waals surface area contributed by atoms with E-state index in [1.807, 2.05) is 43.3 Å². The van der Waals surface area contributed by atoms with Gasteiger partial charge in [-0.3, -0.25) is 9.48 Å². The van der Waals surface area contributed by atoms with E-state index in [1.54, 1.807) is 36.9 Å². The van der Waals surface area contributed by atoms with E-state index < -0.39 is 18.5 Å². The van der Waals surface area contributed by atoms with Gasteiger partial charge in [0.15, 0.2) is 12.3 Å². The van der Waals surface area contributed by atoms with Crippen molar-refractivity contribution in [2.75, 3.05) is 11.9 Å². The lowest BCUT2D eigenvalue weighted by molar-refractivity contribution is -0.119. The van der Waals surface area contributed by atoms with Crippen molar-refractivity contribution in [1.29, 1.82) is 0 Å². The second kappa shape index (κ2) is 8.80. The molecule has 0 fully saturated rings. The summed E-state index contributed by atoms with van der Waals surface area (Å²) in [6.45, 7) is 3.25. The summed E-state index contributed by atoms with van der Waals surface area (Å²) in [7, 11) is 1.77. The van der Waals surface area contributed by atoms with Crippen LogP contribution in [0.2, 0.25) is 5.02 Å². The van der Waals surface area contributed by atoms with E-state index in [4.69, 9.17) is 16.3 Å². The van der Waals surface area contributed by atoms with E-state index in [0.29, 0.717) is 38.7 Å². The van der Waals surface area contributed by atoms with Crippen LogP contribution >= 0.6 is 11.6 Å². The molecule has 8 heteroatoms. The summed E-state index contributed by atoms with van der Waals surface area (Å²) in [5.41, 5.74) is 4.42. The van der Waals surface area contributed by atoms with Crippen molar-refractivity contribution in [1.82, 2.24) is 14.8 Å². The van der Waals surface area contributed by atoms with Gasteiger partial charge >= 0.3 is 5.97 Å². The predicted molar refractivity (Wildman–Crippen MR) is 124 cm³/mol. The Balaban J connectivity index is 1.59. The molecule has 4 rings (SSSR count). The molecule has 2 heterocycles. The summed E-state index contributed by atoms with van der Waals surface area (Å²) in [5.74, 6) is -1.11. The van der Waals surface area contributed by atoms with Gasteiger partial charge in [-0.05, 0) is 37.6 Å². The number of anilines is 1. The number of aromatic nitrogens is 3. The molecule has 0 saturated carbocycles. The minimum atomic E-state index is -0.629. The van der Waals surface area contributed by atoms with E-state index in [-0.39, 0.29) is 0 Å². The Kier molecular flexibility index (Phi) is 5.92. The number of carbonyl (C=O) groups excluding carboxylic acids is 2. The van der Waals surface area contributed by atoms with Crippen molar-refractivity contribution in [3.63, 3.8) is 0 Å². The highest BCUT2D eigenvalue weighted by molar-refractivity contribution is 6.33. The molecule has 0 aliphatic heterocycles. The molecule has 162 valence electrons. The maximum atomic E-state index is 13.0. The predicted octanol–water partition coefficient (Wildman–Crippen LogP) is 4.70. The fourth-order valence-corrected chi connectivity index (χ4v) is 3.76. The zero-order valence-corrected chi connectivity index (χ0v) is 18.6. The number of halogens is 1. The van der Waals surface area contributed by atoms with Crippen molar-refractivity contribution in [3.05, 3.63) is 76.4 Å². The average Bonchev–Trinajstić information content (AvgIpc) is 3.07. The van der Waals surface area contributed by atoms with Gasteiger partial charge in [-0.15, -0.1) is 0 Å². The third kappa shape index (κ3) is 4.33. The quantitative estimate of drug-likeness (QED) is 0.447. The van der Waals surface area contributed by atoms with E-state index in [9.17, 15) is 9.59 Å². The van der Waals surface area contributed by atoms with Crippen molar-refractivity contribution in [2.45, 2.75) is 13.8 Å². The van der Waals surface area contributed by atoms with Crippen LogP contribution in [0, 0.1) is 13.8 Å². The largest absolute Gasteiger partial charge is 0.452 e. The van der Waals surface area contributed by atoms with Gasteiger partial charge in [0.1, 0.15) is 0 Å². The molecule has 32 heavy (non-hydrogen) atoms. The van der Waals surface area contributed by atoms with Crippen molar-refractivity contribution in [3.8, 4) is 11.3 Å². The number of nitrogens with one attached hydrogen (secondary N) is 1. The molecule has 2 aromatic heterocycles. The molecular weight excluding hydrogens is 428 g/mol. The first kappa shape index (κ1) is 21.5. The highest BCUT2D eigenvalue weighted by Gasteiger charge is 2.21. The van der Waals surface area contributed by atoms with E-state index >= 15 is 0 Å². The molecule has 0 aliphatic carbocycles. The lowest BCUT2D eigenvalue weighted by atomic mass is 10.1. The minimum Gasteiger partial charge on any atom is -0.452 e. The molecule has 0 unspecified atom stereocenters. The van der Waals surface area contributed by atoms with Crippen LogP contribution in [0.4, 0.5) is 5.69 Å². The molecule has 1 amide bonds.